The van der Waals surface area contributed by atoms with Crippen LogP contribution in [0.2, 0.25) is 0 Å². The minimum absolute atomic E-state index is 0.0732. The zero-order valence-corrected chi connectivity index (χ0v) is 8.66. The number of carboxylic acids is 1. The van der Waals surface area contributed by atoms with E-state index in [0.29, 0.717) is 17.5 Å². The summed E-state index contributed by atoms with van der Waals surface area (Å²) < 4.78 is 5.75. The van der Waals surface area contributed by atoms with Gasteiger partial charge in [-0.3, -0.25) is 0 Å². The second-order valence-corrected chi connectivity index (χ2v) is 4.14. The van der Waals surface area contributed by atoms with Crippen LogP contribution >= 0.6 is 24.0 Å². The van der Waals surface area contributed by atoms with Gasteiger partial charge in [-0.05, 0) is 0 Å². The van der Waals surface area contributed by atoms with E-state index < -0.39 is 5.97 Å². The van der Waals surface area contributed by atoms with Gasteiger partial charge in [0, 0.05) is 18.8 Å². The Balaban J connectivity index is 2.25. The highest BCUT2D eigenvalue weighted by atomic mass is 32.2. The number of hydrogen-bond acceptors (Lipinski definition) is 5. The van der Waals surface area contributed by atoms with Crippen molar-refractivity contribution in [2.75, 3.05) is 32.1 Å². The molecular weight excluding hydrogens is 210 g/mol. The summed E-state index contributed by atoms with van der Waals surface area (Å²) in [5.41, 5.74) is 0. The van der Waals surface area contributed by atoms with E-state index in [9.17, 15) is 9.90 Å². The lowest BCUT2D eigenvalue weighted by Crippen LogP contribution is -2.39. The molecule has 0 bridgehead atoms. The first-order chi connectivity index (χ1) is 6.20. The Morgan fingerprint density at radius 3 is 2.69 bits per heavy atom. The van der Waals surface area contributed by atoms with Gasteiger partial charge in [-0.25, -0.2) is 0 Å². The number of nitrogens with zero attached hydrogens (tertiary/aromatic N) is 1. The predicted molar refractivity (Wildman–Crippen MR) is 52.5 cm³/mol. The number of morpholine rings is 1. The van der Waals surface area contributed by atoms with Gasteiger partial charge in [0.25, 0.3) is 0 Å². The first-order valence-corrected chi connectivity index (χ1v) is 5.29. The molecule has 1 fully saturated rings. The van der Waals surface area contributed by atoms with Crippen LogP contribution in [0.1, 0.15) is 0 Å². The molecule has 74 valence electrons. The number of rotatable bonds is 2. The molecule has 0 aromatic rings. The maximum Gasteiger partial charge on any atom is 0.136 e. The maximum absolute atomic E-state index is 10.2. The zero-order chi connectivity index (χ0) is 9.68. The van der Waals surface area contributed by atoms with Crippen LogP contribution in [-0.4, -0.2) is 47.2 Å². The summed E-state index contributed by atoms with van der Waals surface area (Å²) in [5, 5.41) is 10.2. The van der Waals surface area contributed by atoms with E-state index >= 15 is 0 Å². The van der Waals surface area contributed by atoms with Gasteiger partial charge in [-0.1, -0.05) is 24.0 Å². The fraction of sp³-hybridized carbons (Fsp3) is 0.714. The second-order valence-electron chi connectivity index (χ2n) is 2.53. The number of aliphatic carboxylic acids is 1. The highest BCUT2D eigenvalue weighted by Crippen LogP contribution is 2.10. The Hall–Kier alpha value is -0.330. The highest BCUT2D eigenvalue weighted by Gasteiger charge is 2.13. The molecule has 0 saturated carbocycles. The molecule has 6 heteroatoms. The van der Waals surface area contributed by atoms with Crippen molar-refractivity contribution >= 4 is 34.3 Å². The van der Waals surface area contributed by atoms with Crippen LogP contribution in [0.25, 0.3) is 0 Å². The minimum atomic E-state index is -1.08. The SMILES string of the molecule is O=C([O-])CSC(=S)N1CCOCC1. The van der Waals surface area contributed by atoms with E-state index in [1.165, 1.54) is 0 Å². The second kappa shape index (κ2) is 5.41. The lowest BCUT2D eigenvalue weighted by atomic mass is 10.5. The molecule has 1 aliphatic heterocycles. The summed E-state index contributed by atoms with van der Waals surface area (Å²) in [6.07, 6.45) is 0. The topological polar surface area (TPSA) is 52.6 Å². The molecule has 0 spiro atoms. The number of ether oxygens (including phenoxy) is 1. The van der Waals surface area contributed by atoms with Gasteiger partial charge >= 0.3 is 0 Å². The standard InChI is InChI=1S/C7H11NO3S2/c9-6(10)5-13-7(12)8-1-3-11-4-2-8/h1-5H2,(H,9,10)/p-1. The summed E-state index contributed by atoms with van der Waals surface area (Å²) in [6.45, 7) is 2.82. The fourth-order valence-electron chi connectivity index (χ4n) is 0.958. The Labute approximate surface area is 86.2 Å². The Bertz CT molecular complexity index is 204. The summed E-state index contributed by atoms with van der Waals surface area (Å²) in [6, 6.07) is 0. The average Bonchev–Trinajstić information content (AvgIpc) is 2.15. The number of carbonyl (C=O) groups excluding carboxylic acids is 1. The van der Waals surface area contributed by atoms with E-state index in [1.807, 2.05) is 4.90 Å². The van der Waals surface area contributed by atoms with Crippen LogP contribution in [0.4, 0.5) is 0 Å². The predicted octanol–water partition coefficient (Wildman–Crippen LogP) is -0.913. The van der Waals surface area contributed by atoms with Gasteiger partial charge < -0.3 is 19.5 Å². The molecule has 0 atom stereocenters. The first kappa shape index (κ1) is 10.7. The number of thioether (sulfide) groups is 1. The summed E-state index contributed by atoms with van der Waals surface area (Å²) in [5.74, 6) is -1.16. The summed E-state index contributed by atoms with van der Waals surface area (Å²) >= 11 is 6.17. The third-order valence-corrected chi connectivity index (χ3v) is 3.08. The van der Waals surface area contributed by atoms with Crippen molar-refractivity contribution in [2.24, 2.45) is 0 Å². The van der Waals surface area contributed by atoms with Gasteiger partial charge in [-0.15, -0.1) is 0 Å². The fourth-order valence-corrected chi connectivity index (χ4v) is 1.92. The van der Waals surface area contributed by atoms with E-state index in [2.05, 4.69) is 0 Å². The van der Waals surface area contributed by atoms with Gasteiger partial charge in [0.15, 0.2) is 0 Å². The Kier molecular flexibility index (Phi) is 4.47. The molecule has 1 rings (SSSR count). The molecule has 4 nitrogen and oxygen atoms in total. The molecule has 13 heavy (non-hydrogen) atoms. The average molecular weight is 220 g/mol. The highest BCUT2D eigenvalue weighted by molar-refractivity contribution is 8.23. The number of thiocarbonyl (C=S) groups is 1. The van der Waals surface area contributed by atoms with E-state index in [-0.39, 0.29) is 5.75 Å². The molecule has 0 N–H and O–H groups in total. The molecule has 1 aliphatic rings. The molecule has 0 unspecified atom stereocenters. The Morgan fingerprint density at radius 2 is 2.15 bits per heavy atom. The largest absolute Gasteiger partial charge is 0.549 e. The lowest BCUT2D eigenvalue weighted by Gasteiger charge is -2.28. The number of hydrogen-bond donors (Lipinski definition) is 0. The lowest BCUT2D eigenvalue weighted by molar-refractivity contribution is -0.301. The van der Waals surface area contributed by atoms with E-state index in [1.54, 1.807) is 0 Å². The maximum atomic E-state index is 10.2. The molecule has 0 aromatic carbocycles. The minimum Gasteiger partial charge on any atom is -0.549 e. The van der Waals surface area contributed by atoms with Crippen LogP contribution in [0.5, 0.6) is 0 Å². The summed E-state index contributed by atoms with van der Waals surface area (Å²) in [4.78, 5) is 12.1. The molecular formula is C7H10NO3S2-. The molecule has 1 heterocycles. The van der Waals surface area contributed by atoms with Crippen molar-refractivity contribution in [3.8, 4) is 0 Å². The Morgan fingerprint density at radius 1 is 1.54 bits per heavy atom. The van der Waals surface area contributed by atoms with E-state index in [0.717, 1.165) is 24.9 Å². The monoisotopic (exact) mass is 220 g/mol. The zero-order valence-electron chi connectivity index (χ0n) is 7.02. The van der Waals surface area contributed by atoms with Crippen LogP contribution in [-0.2, 0) is 9.53 Å². The quantitative estimate of drug-likeness (QED) is 0.561. The van der Waals surface area contributed by atoms with Crippen LogP contribution < -0.4 is 5.11 Å². The molecule has 0 amide bonds. The van der Waals surface area contributed by atoms with Crippen molar-refractivity contribution in [1.29, 1.82) is 0 Å². The van der Waals surface area contributed by atoms with E-state index in [4.69, 9.17) is 17.0 Å². The molecule has 1 saturated heterocycles. The number of carbonyl (C=O) groups is 1. The third-order valence-electron chi connectivity index (χ3n) is 1.58. The van der Waals surface area contributed by atoms with Gasteiger partial charge in [-0.2, -0.15) is 0 Å². The first-order valence-electron chi connectivity index (χ1n) is 3.89. The van der Waals surface area contributed by atoms with Gasteiger partial charge in [0.05, 0.1) is 19.2 Å². The third kappa shape index (κ3) is 3.93. The van der Waals surface area contributed by atoms with Gasteiger partial charge in [0.2, 0.25) is 0 Å². The number of carboxylic acid groups (broad SMARTS) is 1. The molecule has 0 aromatic heterocycles. The van der Waals surface area contributed by atoms with Crippen molar-refractivity contribution in [3.05, 3.63) is 0 Å². The molecule has 0 aliphatic carbocycles. The van der Waals surface area contributed by atoms with Crippen molar-refractivity contribution in [1.82, 2.24) is 4.90 Å². The van der Waals surface area contributed by atoms with Crippen molar-refractivity contribution < 1.29 is 14.6 Å². The van der Waals surface area contributed by atoms with Crippen LogP contribution in [0, 0.1) is 0 Å². The van der Waals surface area contributed by atoms with Crippen LogP contribution in [0.15, 0.2) is 0 Å². The molecule has 0 radical (unpaired) electrons. The smallest absolute Gasteiger partial charge is 0.136 e. The summed E-state index contributed by atoms with van der Waals surface area (Å²) in [7, 11) is 0. The normalized spacial score (nSPS) is 17.1. The van der Waals surface area contributed by atoms with Gasteiger partial charge in [0.1, 0.15) is 4.32 Å². The van der Waals surface area contributed by atoms with Crippen LogP contribution in [0.3, 0.4) is 0 Å². The van der Waals surface area contributed by atoms with Crippen molar-refractivity contribution in [3.63, 3.8) is 0 Å². The van der Waals surface area contributed by atoms with Crippen molar-refractivity contribution in [2.45, 2.75) is 0 Å².